The van der Waals surface area contributed by atoms with Crippen LogP contribution in [0.5, 0.6) is 0 Å². The third-order valence-electron chi connectivity index (χ3n) is 3.96. The molecule has 4 nitrogen and oxygen atoms in total. The lowest BCUT2D eigenvalue weighted by atomic mass is 10.1. The van der Waals surface area contributed by atoms with Gasteiger partial charge in [-0.3, -0.25) is 4.39 Å². The highest BCUT2D eigenvalue weighted by molar-refractivity contribution is 6.32. The van der Waals surface area contributed by atoms with E-state index in [1.165, 1.54) is 0 Å². The summed E-state index contributed by atoms with van der Waals surface area (Å²) in [5.41, 5.74) is 1.07. The predicted octanol–water partition coefficient (Wildman–Crippen LogP) is 4.31. The molecule has 1 aromatic carbocycles. The van der Waals surface area contributed by atoms with Crippen LogP contribution in [0.4, 0.5) is 4.39 Å². The van der Waals surface area contributed by atoms with Crippen LogP contribution in [-0.2, 0) is 6.54 Å². The van der Waals surface area contributed by atoms with Crippen LogP contribution in [-0.4, -0.2) is 16.2 Å². The second-order valence-corrected chi connectivity index (χ2v) is 5.76. The SMILES string of the molecule is O=c1oc2ncccc2c2c3cc(Cl)ccc3n(CCCF)c12. The Kier molecular flexibility index (Phi) is 3.31. The Bertz CT molecular complexity index is 1100. The summed E-state index contributed by atoms with van der Waals surface area (Å²) in [6, 6.07) is 9.07. The van der Waals surface area contributed by atoms with Gasteiger partial charge in [0.2, 0.25) is 5.71 Å². The third kappa shape index (κ3) is 2.11. The van der Waals surface area contributed by atoms with Crippen LogP contribution in [0.1, 0.15) is 6.42 Å². The fourth-order valence-corrected chi connectivity index (χ4v) is 3.23. The first-order chi connectivity index (χ1) is 11.2. The molecule has 0 N–H and O–H groups in total. The quantitative estimate of drug-likeness (QED) is 0.562. The van der Waals surface area contributed by atoms with Gasteiger partial charge in [-0.15, -0.1) is 0 Å². The normalized spacial score (nSPS) is 11.7. The molecule has 116 valence electrons. The first-order valence-electron chi connectivity index (χ1n) is 7.26. The summed E-state index contributed by atoms with van der Waals surface area (Å²) in [5, 5.41) is 2.92. The fraction of sp³-hybridized carbons (Fsp3) is 0.176. The number of fused-ring (bicyclic) bond motifs is 5. The van der Waals surface area contributed by atoms with Crippen LogP contribution in [0.15, 0.2) is 45.7 Å². The summed E-state index contributed by atoms with van der Waals surface area (Å²) in [7, 11) is 0. The molecular formula is C17H12ClFN2O2. The minimum atomic E-state index is -0.475. The first-order valence-corrected chi connectivity index (χ1v) is 7.64. The molecule has 0 atom stereocenters. The molecule has 0 saturated carbocycles. The van der Waals surface area contributed by atoms with Crippen LogP contribution < -0.4 is 5.63 Å². The number of aryl methyl sites for hydroxylation is 1. The lowest BCUT2D eigenvalue weighted by Gasteiger charge is -2.04. The average Bonchev–Trinajstić information content (AvgIpc) is 2.87. The fourth-order valence-electron chi connectivity index (χ4n) is 3.06. The summed E-state index contributed by atoms with van der Waals surface area (Å²) < 4.78 is 19.8. The van der Waals surface area contributed by atoms with Gasteiger partial charge in [-0.2, -0.15) is 0 Å². The van der Waals surface area contributed by atoms with E-state index >= 15 is 0 Å². The molecule has 0 aliphatic carbocycles. The molecule has 0 fully saturated rings. The largest absolute Gasteiger partial charge is 0.402 e. The van der Waals surface area contributed by atoms with E-state index in [0.29, 0.717) is 23.5 Å². The van der Waals surface area contributed by atoms with Crippen molar-refractivity contribution < 1.29 is 8.81 Å². The lowest BCUT2D eigenvalue weighted by Crippen LogP contribution is -2.08. The molecule has 4 aromatic rings. The molecule has 0 unspecified atom stereocenters. The summed E-state index contributed by atoms with van der Waals surface area (Å²) in [5.74, 6) is 0. The van der Waals surface area contributed by atoms with Crippen molar-refractivity contribution in [2.45, 2.75) is 13.0 Å². The molecule has 4 rings (SSSR count). The van der Waals surface area contributed by atoms with Crippen molar-refractivity contribution in [1.29, 1.82) is 0 Å². The standard InChI is InChI=1S/C17H12ClFN2O2/c18-10-4-5-13-12(9-10)14-11-3-1-7-20-16(11)23-17(22)15(14)21(13)8-2-6-19/h1,3-5,7,9H,2,6,8H2. The van der Waals surface area contributed by atoms with Gasteiger partial charge in [0.05, 0.1) is 6.67 Å². The van der Waals surface area contributed by atoms with Crippen molar-refractivity contribution in [3.63, 3.8) is 0 Å². The number of hydrogen-bond acceptors (Lipinski definition) is 3. The van der Waals surface area contributed by atoms with Gasteiger partial charge >= 0.3 is 5.63 Å². The van der Waals surface area contributed by atoms with Crippen LogP contribution in [0.3, 0.4) is 0 Å². The van der Waals surface area contributed by atoms with E-state index in [1.807, 2.05) is 18.2 Å². The van der Waals surface area contributed by atoms with Crippen LogP contribution in [0.25, 0.3) is 32.9 Å². The van der Waals surface area contributed by atoms with Crippen LogP contribution in [0, 0.1) is 0 Å². The minimum Gasteiger partial charge on any atom is -0.402 e. The molecule has 0 radical (unpaired) electrons. The molecule has 23 heavy (non-hydrogen) atoms. The summed E-state index contributed by atoms with van der Waals surface area (Å²) in [6.07, 6.45) is 1.90. The Hall–Kier alpha value is -2.40. The Labute approximate surface area is 135 Å². The zero-order chi connectivity index (χ0) is 16.0. The highest BCUT2D eigenvalue weighted by Crippen LogP contribution is 2.33. The van der Waals surface area contributed by atoms with E-state index in [9.17, 15) is 9.18 Å². The molecule has 0 bridgehead atoms. The highest BCUT2D eigenvalue weighted by Gasteiger charge is 2.18. The zero-order valence-corrected chi connectivity index (χ0v) is 12.8. The molecule has 0 aliphatic heterocycles. The average molecular weight is 331 g/mol. The van der Waals surface area contributed by atoms with E-state index in [-0.39, 0.29) is 5.71 Å². The van der Waals surface area contributed by atoms with Gasteiger partial charge in [0.15, 0.2) is 0 Å². The van der Waals surface area contributed by atoms with Gasteiger partial charge in [-0.25, -0.2) is 9.78 Å². The second kappa shape index (κ2) is 5.35. The van der Waals surface area contributed by atoms with Crippen molar-refractivity contribution in [2.24, 2.45) is 0 Å². The van der Waals surface area contributed by atoms with Crippen molar-refractivity contribution in [3.05, 3.63) is 52.0 Å². The maximum Gasteiger partial charge on any atom is 0.362 e. The third-order valence-corrected chi connectivity index (χ3v) is 4.20. The molecule has 0 aliphatic rings. The number of benzene rings is 1. The van der Waals surface area contributed by atoms with Crippen molar-refractivity contribution in [3.8, 4) is 0 Å². The molecule has 6 heteroatoms. The van der Waals surface area contributed by atoms with E-state index < -0.39 is 12.3 Å². The summed E-state index contributed by atoms with van der Waals surface area (Å²) in [6.45, 7) is -0.0517. The second-order valence-electron chi connectivity index (χ2n) is 5.32. The Balaban J connectivity index is 2.27. The monoisotopic (exact) mass is 330 g/mol. The summed E-state index contributed by atoms with van der Waals surface area (Å²) >= 11 is 6.14. The molecule has 0 amide bonds. The maximum absolute atomic E-state index is 12.7. The number of rotatable bonds is 3. The molecule has 3 heterocycles. The van der Waals surface area contributed by atoms with Gasteiger partial charge in [0.1, 0.15) is 5.52 Å². The number of alkyl halides is 1. The van der Waals surface area contributed by atoms with Gasteiger partial charge in [0.25, 0.3) is 0 Å². The van der Waals surface area contributed by atoms with Crippen LogP contribution in [0.2, 0.25) is 5.02 Å². The Morgan fingerprint density at radius 3 is 2.96 bits per heavy atom. The maximum atomic E-state index is 12.7. The molecule has 3 aromatic heterocycles. The first kappa shape index (κ1) is 14.2. The number of nitrogens with zero attached hydrogens (tertiary/aromatic N) is 2. The van der Waals surface area contributed by atoms with Gasteiger partial charge < -0.3 is 8.98 Å². The van der Waals surface area contributed by atoms with E-state index in [1.54, 1.807) is 22.9 Å². The number of halogens is 2. The smallest absolute Gasteiger partial charge is 0.362 e. The predicted molar refractivity (Wildman–Crippen MR) is 88.9 cm³/mol. The van der Waals surface area contributed by atoms with Crippen molar-refractivity contribution >= 4 is 44.5 Å². The number of hydrogen-bond donors (Lipinski definition) is 0. The van der Waals surface area contributed by atoms with E-state index in [2.05, 4.69) is 4.98 Å². The zero-order valence-electron chi connectivity index (χ0n) is 12.1. The van der Waals surface area contributed by atoms with E-state index in [0.717, 1.165) is 21.7 Å². The topological polar surface area (TPSA) is 48.0 Å². The molecule has 0 saturated heterocycles. The summed E-state index contributed by atoms with van der Waals surface area (Å²) in [4.78, 5) is 16.6. The lowest BCUT2D eigenvalue weighted by molar-refractivity contribution is 0.451. The van der Waals surface area contributed by atoms with Crippen molar-refractivity contribution in [1.82, 2.24) is 9.55 Å². The number of pyridine rings is 1. The minimum absolute atomic E-state index is 0.287. The van der Waals surface area contributed by atoms with Crippen molar-refractivity contribution in [2.75, 3.05) is 6.67 Å². The van der Waals surface area contributed by atoms with Crippen LogP contribution >= 0.6 is 11.6 Å². The molecular weight excluding hydrogens is 319 g/mol. The Morgan fingerprint density at radius 2 is 2.13 bits per heavy atom. The van der Waals surface area contributed by atoms with Gasteiger partial charge in [-0.05, 0) is 36.8 Å². The molecule has 0 spiro atoms. The van der Waals surface area contributed by atoms with E-state index in [4.69, 9.17) is 16.0 Å². The highest BCUT2D eigenvalue weighted by atomic mass is 35.5. The Morgan fingerprint density at radius 1 is 1.26 bits per heavy atom. The van der Waals surface area contributed by atoms with Gasteiger partial charge in [-0.1, -0.05) is 11.6 Å². The van der Waals surface area contributed by atoms with Gasteiger partial charge in [0, 0.05) is 39.4 Å². The number of aromatic nitrogens is 2.